The maximum atomic E-state index is 10.4. The first kappa shape index (κ1) is 52.4. The summed E-state index contributed by atoms with van der Waals surface area (Å²) in [7, 11) is 0. The SMILES string of the molecule is CCC(CC)(c1ccc(/C=C/C(O)C(C)(C)C)c(C)c1)c1ccc(OC[C@@H]2COC(C)(C)O2)c(C)c1.CCC(CC)(c1ccc(O)c(C)c1)c1ccc(/C=C/C(O)C(C)(C)C)c(C)c1. The fraction of sp³-hybridized carbons (Fsp3) is 0.517. The third-order valence-corrected chi connectivity index (χ3v) is 13.7. The van der Waals surface area contributed by atoms with Crippen LogP contribution in [0.3, 0.4) is 0 Å². The Kier molecular flexibility index (Phi) is 17.5. The largest absolute Gasteiger partial charge is 0.508 e. The van der Waals surface area contributed by atoms with Crippen LogP contribution in [0.15, 0.2) is 84.9 Å². The lowest BCUT2D eigenvalue weighted by Gasteiger charge is -2.34. The number of rotatable bonds is 15. The number of aromatic hydroxyl groups is 1. The number of phenolic OH excluding ortho intramolecular Hbond substituents is 1. The molecule has 1 heterocycles. The Morgan fingerprint density at radius 3 is 1.34 bits per heavy atom. The van der Waals surface area contributed by atoms with Crippen molar-refractivity contribution in [1.29, 1.82) is 0 Å². The minimum Gasteiger partial charge on any atom is -0.508 e. The molecule has 1 saturated heterocycles. The van der Waals surface area contributed by atoms with Crippen LogP contribution in [0, 0.1) is 38.5 Å². The number of hydrogen-bond donors (Lipinski definition) is 3. The van der Waals surface area contributed by atoms with Gasteiger partial charge < -0.3 is 29.5 Å². The van der Waals surface area contributed by atoms with Gasteiger partial charge in [-0.3, -0.25) is 0 Å². The second-order valence-electron chi connectivity index (χ2n) is 20.8. The van der Waals surface area contributed by atoms with E-state index in [4.69, 9.17) is 14.2 Å². The third kappa shape index (κ3) is 12.6. The Balaban J connectivity index is 0.000000290. The van der Waals surface area contributed by atoms with Crippen molar-refractivity contribution in [2.45, 2.75) is 171 Å². The number of ether oxygens (including phenoxy) is 3. The standard InChI is InChI=1S/C32H46O4.C26H36O2/c1-10-32(11-2,25-14-12-24(22(3)18-25)13-17-29(33)30(5,6)7)26-15-16-28(23(4)19-26)34-20-27-21-35-31(8,9)36-27;1-8-26(9-2,22-13-14-23(27)19(4)17-22)21-12-10-20(18(3)16-21)11-15-24(28)25(5,6)7/h12-19,27,29,33H,10-11,20-21H2,1-9H3;10-17,24,27-28H,8-9H2,1-7H3/b17-13+;15-11+/t27-,29?;/m1./s1. The van der Waals surface area contributed by atoms with Crippen molar-refractivity contribution in [3.63, 3.8) is 0 Å². The minimum absolute atomic E-state index is 0.0514. The lowest BCUT2D eigenvalue weighted by molar-refractivity contribution is -0.141. The molecule has 1 aliphatic rings. The Hall–Kier alpha value is -4.20. The zero-order valence-electron chi connectivity index (χ0n) is 42.3. The zero-order chi connectivity index (χ0) is 47.8. The quantitative estimate of drug-likeness (QED) is 0.110. The Morgan fingerprint density at radius 1 is 0.609 bits per heavy atom. The van der Waals surface area contributed by atoms with Crippen molar-refractivity contribution in [2.24, 2.45) is 10.8 Å². The Morgan fingerprint density at radius 2 is 1.00 bits per heavy atom. The molecule has 0 aliphatic carbocycles. The van der Waals surface area contributed by atoms with E-state index in [2.05, 4.69) is 115 Å². The lowest BCUT2D eigenvalue weighted by Crippen LogP contribution is -2.27. The van der Waals surface area contributed by atoms with Gasteiger partial charge in [0.05, 0.1) is 18.8 Å². The first-order valence-corrected chi connectivity index (χ1v) is 23.7. The normalized spacial score (nSPS) is 16.8. The van der Waals surface area contributed by atoms with Crippen molar-refractivity contribution in [2.75, 3.05) is 13.2 Å². The summed E-state index contributed by atoms with van der Waals surface area (Å²) < 4.78 is 17.7. The molecule has 6 nitrogen and oxygen atoms in total. The maximum absolute atomic E-state index is 10.4. The van der Waals surface area contributed by atoms with Crippen LogP contribution in [0.1, 0.15) is 164 Å². The molecule has 2 unspecified atom stereocenters. The van der Waals surface area contributed by atoms with Crippen LogP contribution >= 0.6 is 0 Å². The summed E-state index contributed by atoms with van der Waals surface area (Å²) in [5.41, 5.74) is 11.4. The fourth-order valence-corrected chi connectivity index (χ4v) is 8.84. The number of hydrogen-bond acceptors (Lipinski definition) is 6. The van der Waals surface area contributed by atoms with Crippen LogP contribution in [0.5, 0.6) is 11.5 Å². The van der Waals surface area contributed by atoms with Gasteiger partial charge in [0.15, 0.2) is 5.79 Å². The van der Waals surface area contributed by atoms with E-state index in [9.17, 15) is 15.3 Å². The minimum atomic E-state index is -0.537. The molecule has 0 spiro atoms. The smallest absolute Gasteiger partial charge is 0.163 e. The summed E-state index contributed by atoms with van der Waals surface area (Å²) in [5.74, 6) is 0.700. The van der Waals surface area contributed by atoms with E-state index >= 15 is 0 Å². The molecule has 0 bridgehead atoms. The van der Waals surface area contributed by atoms with Gasteiger partial charge in [0.25, 0.3) is 0 Å². The average molecular weight is 875 g/mol. The van der Waals surface area contributed by atoms with Gasteiger partial charge >= 0.3 is 0 Å². The van der Waals surface area contributed by atoms with Gasteiger partial charge in [-0.25, -0.2) is 0 Å². The van der Waals surface area contributed by atoms with E-state index in [0.717, 1.165) is 53.7 Å². The van der Waals surface area contributed by atoms with Crippen LogP contribution in [0.4, 0.5) is 0 Å². The molecule has 0 aromatic heterocycles. The van der Waals surface area contributed by atoms with E-state index in [1.807, 2.05) is 92.7 Å². The van der Waals surface area contributed by atoms with Crippen LogP contribution < -0.4 is 4.74 Å². The fourth-order valence-electron chi connectivity index (χ4n) is 8.84. The van der Waals surface area contributed by atoms with Gasteiger partial charge in [0, 0.05) is 10.8 Å². The van der Waals surface area contributed by atoms with Gasteiger partial charge in [-0.2, -0.15) is 0 Å². The number of benzene rings is 4. The molecule has 3 atom stereocenters. The second-order valence-corrected chi connectivity index (χ2v) is 20.8. The van der Waals surface area contributed by atoms with Crippen molar-refractivity contribution in [3.8, 4) is 11.5 Å². The predicted molar refractivity (Wildman–Crippen MR) is 268 cm³/mol. The molecule has 1 aliphatic heterocycles. The van der Waals surface area contributed by atoms with E-state index in [1.54, 1.807) is 0 Å². The van der Waals surface area contributed by atoms with E-state index in [0.29, 0.717) is 19.0 Å². The highest BCUT2D eigenvalue weighted by Crippen LogP contribution is 2.43. The Bertz CT molecular complexity index is 2200. The van der Waals surface area contributed by atoms with Crippen molar-refractivity contribution >= 4 is 12.2 Å². The summed E-state index contributed by atoms with van der Waals surface area (Å²) >= 11 is 0. The molecule has 1 fully saturated rings. The van der Waals surface area contributed by atoms with Crippen molar-refractivity contribution in [3.05, 3.63) is 141 Å². The van der Waals surface area contributed by atoms with Crippen LogP contribution in [0.25, 0.3) is 12.2 Å². The first-order valence-electron chi connectivity index (χ1n) is 23.7. The highest BCUT2D eigenvalue weighted by Gasteiger charge is 2.35. The summed E-state index contributed by atoms with van der Waals surface area (Å²) in [4.78, 5) is 0. The van der Waals surface area contributed by atoms with Gasteiger partial charge in [-0.05, 0) is 146 Å². The number of aryl methyl sites for hydroxylation is 4. The third-order valence-electron chi connectivity index (χ3n) is 13.7. The van der Waals surface area contributed by atoms with Crippen LogP contribution in [-0.2, 0) is 20.3 Å². The first-order chi connectivity index (χ1) is 29.9. The summed E-state index contributed by atoms with van der Waals surface area (Å²) in [6.45, 7) is 34.5. The van der Waals surface area contributed by atoms with E-state index in [-0.39, 0.29) is 27.8 Å². The molecule has 350 valence electrons. The molecule has 0 radical (unpaired) electrons. The summed E-state index contributed by atoms with van der Waals surface area (Å²) in [5, 5.41) is 30.6. The molecule has 4 aromatic rings. The summed E-state index contributed by atoms with van der Waals surface area (Å²) in [6, 6.07) is 26.0. The molecule has 0 amide bonds. The van der Waals surface area contributed by atoms with Crippen LogP contribution in [0.2, 0.25) is 0 Å². The highest BCUT2D eigenvalue weighted by atomic mass is 16.7. The van der Waals surface area contributed by atoms with Crippen LogP contribution in [-0.4, -0.2) is 52.6 Å². The average Bonchev–Trinajstić information content (AvgIpc) is 3.59. The monoisotopic (exact) mass is 875 g/mol. The zero-order valence-corrected chi connectivity index (χ0v) is 42.3. The molecule has 64 heavy (non-hydrogen) atoms. The number of aliphatic hydroxyl groups excluding tert-OH is 2. The summed E-state index contributed by atoms with van der Waals surface area (Å²) in [6.07, 6.45) is 10.8. The van der Waals surface area contributed by atoms with Gasteiger partial charge in [0.2, 0.25) is 0 Å². The Labute approximate surface area is 387 Å². The topological polar surface area (TPSA) is 88.4 Å². The number of phenols is 1. The molecule has 5 rings (SSSR count). The highest BCUT2D eigenvalue weighted by molar-refractivity contribution is 5.58. The molecular formula is C58H82O6. The molecule has 3 N–H and O–H groups in total. The van der Waals surface area contributed by atoms with Gasteiger partial charge in [-0.1, -0.05) is 154 Å². The van der Waals surface area contributed by atoms with E-state index in [1.165, 1.54) is 33.4 Å². The van der Waals surface area contributed by atoms with E-state index < -0.39 is 18.0 Å². The number of aliphatic hydroxyl groups is 2. The molecular weight excluding hydrogens is 793 g/mol. The second kappa shape index (κ2) is 21.4. The molecule has 4 aromatic carbocycles. The van der Waals surface area contributed by atoms with Gasteiger partial charge in [-0.15, -0.1) is 0 Å². The molecule has 0 saturated carbocycles. The van der Waals surface area contributed by atoms with Crippen molar-refractivity contribution < 1.29 is 29.5 Å². The lowest BCUT2D eigenvalue weighted by atomic mass is 9.70. The van der Waals surface area contributed by atoms with Gasteiger partial charge in [0.1, 0.15) is 24.2 Å². The molecule has 6 heteroatoms. The van der Waals surface area contributed by atoms with Crippen molar-refractivity contribution in [1.82, 2.24) is 0 Å². The predicted octanol–water partition coefficient (Wildman–Crippen LogP) is 13.9. The maximum Gasteiger partial charge on any atom is 0.163 e.